The Morgan fingerprint density at radius 2 is 1.46 bits per heavy atom. The number of aromatic nitrogens is 2. The molecule has 0 bridgehead atoms. The number of benzene rings is 2. The van der Waals surface area contributed by atoms with Crippen LogP contribution in [0.5, 0.6) is 0 Å². The van der Waals surface area contributed by atoms with E-state index in [4.69, 9.17) is 4.98 Å². The first-order chi connectivity index (χ1) is 11.5. The molecule has 2 aromatic heterocycles. The zero-order chi connectivity index (χ0) is 16.9. The van der Waals surface area contributed by atoms with Crippen molar-refractivity contribution in [3.8, 4) is 11.1 Å². The van der Waals surface area contributed by atoms with Crippen molar-refractivity contribution in [3.63, 3.8) is 0 Å². The van der Waals surface area contributed by atoms with E-state index in [0.29, 0.717) is 0 Å². The van der Waals surface area contributed by atoms with Gasteiger partial charge < -0.3 is 0 Å². The van der Waals surface area contributed by atoms with Crippen molar-refractivity contribution in [2.24, 2.45) is 0 Å². The van der Waals surface area contributed by atoms with Crippen LogP contribution >= 0.6 is 0 Å². The Morgan fingerprint density at radius 3 is 2.12 bits per heavy atom. The summed E-state index contributed by atoms with van der Waals surface area (Å²) in [4.78, 5) is 4.72. The average Bonchev–Trinajstić information content (AvgIpc) is 2.95. The second kappa shape index (κ2) is 5.20. The van der Waals surface area contributed by atoms with Gasteiger partial charge in [-0.25, -0.2) is 4.98 Å². The number of aryl methyl sites for hydroxylation is 1. The molecule has 4 aromatic rings. The van der Waals surface area contributed by atoms with E-state index in [9.17, 15) is 0 Å². The third-order valence-electron chi connectivity index (χ3n) is 4.61. The van der Waals surface area contributed by atoms with Crippen molar-refractivity contribution in [3.05, 3.63) is 72.2 Å². The Balaban J connectivity index is 2.32. The number of hydrogen-bond acceptors (Lipinski definition) is 1. The molecule has 0 spiro atoms. The molecule has 2 nitrogen and oxygen atoms in total. The number of nitrogens with zero attached hydrogens (tertiary/aromatic N) is 2. The van der Waals surface area contributed by atoms with Gasteiger partial charge >= 0.3 is 0 Å². The van der Waals surface area contributed by atoms with E-state index in [1.54, 1.807) is 0 Å². The summed E-state index contributed by atoms with van der Waals surface area (Å²) in [6, 6.07) is 19.3. The van der Waals surface area contributed by atoms with Gasteiger partial charge in [0.05, 0.1) is 0 Å². The lowest BCUT2D eigenvalue weighted by molar-refractivity contribution is 0.562. The molecular weight excluding hydrogens is 292 g/mol. The Kier molecular flexibility index (Phi) is 3.24. The summed E-state index contributed by atoms with van der Waals surface area (Å²) in [6.45, 7) is 8.98. The van der Waals surface area contributed by atoms with Gasteiger partial charge in [-0.1, -0.05) is 75.4 Å². The summed E-state index contributed by atoms with van der Waals surface area (Å²) < 4.78 is 2.34. The van der Waals surface area contributed by atoms with E-state index >= 15 is 0 Å². The molecule has 4 rings (SSSR count). The summed E-state index contributed by atoms with van der Waals surface area (Å²) in [5.41, 5.74) is 6.11. The van der Waals surface area contributed by atoms with Crippen molar-refractivity contribution in [2.75, 3.05) is 0 Å². The first kappa shape index (κ1) is 14.9. The zero-order valence-corrected chi connectivity index (χ0v) is 14.7. The zero-order valence-electron chi connectivity index (χ0n) is 14.7. The van der Waals surface area contributed by atoms with Gasteiger partial charge in [-0.3, -0.25) is 4.40 Å². The molecule has 0 N–H and O–H groups in total. The lowest BCUT2D eigenvalue weighted by Gasteiger charge is -2.27. The third kappa shape index (κ3) is 2.14. The molecule has 0 aliphatic rings. The average molecular weight is 314 g/mol. The van der Waals surface area contributed by atoms with E-state index in [1.165, 1.54) is 33.3 Å². The standard InChI is InChI=1S/C22H22N2/c1-15-14-23-21-18-13-9-8-12-17(18)19(16-10-6-5-7-11-16)20(24(15)21)22(2,3)4/h5-14H,1-4H3. The summed E-state index contributed by atoms with van der Waals surface area (Å²) >= 11 is 0. The number of hydrogen-bond donors (Lipinski definition) is 0. The van der Waals surface area contributed by atoms with Gasteiger partial charge in [-0.05, 0) is 17.9 Å². The van der Waals surface area contributed by atoms with E-state index in [2.05, 4.69) is 86.7 Å². The monoisotopic (exact) mass is 314 g/mol. The Bertz CT molecular complexity index is 1030. The number of imidazole rings is 1. The second-order valence-corrected chi connectivity index (χ2v) is 7.44. The normalized spacial score (nSPS) is 12.2. The predicted molar refractivity (Wildman–Crippen MR) is 102 cm³/mol. The van der Waals surface area contributed by atoms with Gasteiger partial charge in [-0.2, -0.15) is 0 Å². The molecular formula is C22H22N2. The van der Waals surface area contributed by atoms with Crippen LogP contribution in [0, 0.1) is 6.92 Å². The van der Waals surface area contributed by atoms with Gasteiger partial charge in [0.15, 0.2) is 0 Å². The van der Waals surface area contributed by atoms with Crippen LogP contribution in [0.3, 0.4) is 0 Å². The fraction of sp³-hybridized carbons (Fsp3) is 0.227. The van der Waals surface area contributed by atoms with Crippen molar-refractivity contribution < 1.29 is 0 Å². The molecule has 0 amide bonds. The second-order valence-electron chi connectivity index (χ2n) is 7.44. The van der Waals surface area contributed by atoms with Crippen LogP contribution in [0.15, 0.2) is 60.8 Å². The first-order valence-corrected chi connectivity index (χ1v) is 8.43. The minimum Gasteiger partial charge on any atom is -0.300 e. The lowest BCUT2D eigenvalue weighted by atomic mass is 9.83. The Labute approximate surface area is 142 Å². The third-order valence-corrected chi connectivity index (χ3v) is 4.61. The van der Waals surface area contributed by atoms with Crippen LogP contribution in [-0.2, 0) is 5.41 Å². The predicted octanol–water partition coefficient (Wildman–Crippen LogP) is 5.76. The minimum atomic E-state index is -0.00108. The Morgan fingerprint density at radius 1 is 0.833 bits per heavy atom. The maximum absolute atomic E-state index is 4.72. The highest BCUT2D eigenvalue weighted by Crippen LogP contribution is 2.40. The summed E-state index contributed by atoms with van der Waals surface area (Å²) in [7, 11) is 0. The molecule has 2 heterocycles. The molecule has 120 valence electrons. The fourth-order valence-corrected chi connectivity index (χ4v) is 3.65. The molecule has 0 aliphatic carbocycles. The summed E-state index contributed by atoms with van der Waals surface area (Å²) in [5.74, 6) is 0. The van der Waals surface area contributed by atoms with Crippen LogP contribution in [0.4, 0.5) is 0 Å². The minimum absolute atomic E-state index is 0.00108. The van der Waals surface area contributed by atoms with Crippen molar-refractivity contribution >= 4 is 16.4 Å². The van der Waals surface area contributed by atoms with Gasteiger partial charge in [0, 0.05) is 33.9 Å². The SMILES string of the molecule is Cc1cnc2c3ccccc3c(-c3ccccc3)c(C(C)(C)C)n12. The molecule has 0 saturated carbocycles. The van der Waals surface area contributed by atoms with Crippen molar-refractivity contribution in [2.45, 2.75) is 33.1 Å². The largest absolute Gasteiger partial charge is 0.300 e. The molecule has 2 heteroatoms. The molecule has 0 unspecified atom stereocenters. The van der Waals surface area contributed by atoms with Crippen LogP contribution < -0.4 is 0 Å². The van der Waals surface area contributed by atoms with Gasteiger partial charge in [0.2, 0.25) is 0 Å². The number of pyridine rings is 1. The Hall–Kier alpha value is -2.61. The maximum Gasteiger partial charge on any atom is 0.145 e. The topological polar surface area (TPSA) is 17.3 Å². The van der Waals surface area contributed by atoms with Crippen LogP contribution in [0.1, 0.15) is 32.2 Å². The van der Waals surface area contributed by atoms with Crippen LogP contribution in [-0.4, -0.2) is 9.38 Å². The van der Waals surface area contributed by atoms with E-state index < -0.39 is 0 Å². The molecule has 0 atom stereocenters. The molecule has 2 aromatic carbocycles. The molecule has 0 saturated heterocycles. The fourth-order valence-electron chi connectivity index (χ4n) is 3.65. The number of fused-ring (bicyclic) bond motifs is 3. The quantitative estimate of drug-likeness (QED) is 0.436. The van der Waals surface area contributed by atoms with Crippen LogP contribution in [0.25, 0.3) is 27.5 Å². The smallest absolute Gasteiger partial charge is 0.145 e. The summed E-state index contributed by atoms with van der Waals surface area (Å²) in [6.07, 6.45) is 1.98. The highest BCUT2D eigenvalue weighted by molar-refractivity contribution is 6.05. The number of rotatable bonds is 1. The van der Waals surface area contributed by atoms with Crippen LogP contribution in [0.2, 0.25) is 0 Å². The van der Waals surface area contributed by atoms with Crippen molar-refractivity contribution in [1.29, 1.82) is 0 Å². The van der Waals surface area contributed by atoms with E-state index in [0.717, 1.165) is 5.65 Å². The molecule has 0 aliphatic heterocycles. The van der Waals surface area contributed by atoms with E-state index in [1.807, 2.05) is 6.20 Å². The van der Waals surface area contributed by atoms with Gasteiger partial charge in [-0.15, -0.1) is 0 Å². The highest BCUT2D eigenvalue weighted by Gasteiger charge is 2.26. The van der Waals surface area contributed by atoms with Crippen molar-refractivity contribution in [1.82, 2.24) is 9.38 Å². The van der Waals surface area contributed by atoms with E-state index in [-0.39, 0.29) is 5.41 Å². The molecule has 24 heavy (non-hydrogen) atoms. The maximum atomic E-state index is 4.72. The molecule has 0 radical (unpaired) electrons. The lowest BCUT2D eigenvalue weighted by Crippen LogP contribution is -2.19. The van der Waals surface area contributed by atoms with Gasteiger partial charge in [0.1, 0.15) is 5.65 Å². The first-order valence-electron chi connectivity index (χ1n) is 8.43. The highest BCUT2D eigenvalue weighted by atomic mass is 15.0. The molecule has 0 fully saturated rings. The summed E-state index contributed by atoms with van der Waals surface area (Å²) in [5, 5.41) is 2.48. The van der Waals surface area contributed by atoms with Gasteiger partial charge in [0.25, 0.3) is 0 Å².